The van der Waals surface area contributed by atoms with E-state index in [1.165, 1.54) is 0 Å². The molecule has 2 rings (SSSR count). The van der Waals surface area contributed by atoms with E-state index in [1.54, 1.807) is 12.1 Å². The fourth-order valence-corrected chi connectivity index (χ4v) is 2.55. The van der Waals surface area contributed by atoms with Gasteiger partial charge in [0.1, 0.15) is 0 Å². The molecular weight excluding hydrogens is 310 g/mol. The Hall–Kier alpha value is -1.56. The predicted molar refractivity (Wildman–Crippen MR) is 76.8 cm³/mol. The van der Waals surface area contributed by atoms with Crippen LogP contribution in [0.1, 0.15) is 28.8 Å². The van der Waals surface area contributed by atoms with Gasteiger partial charge in [-0.05, 0) is 31.0 Å². The number of rotatable bonds is 3. The molecular formula is C13H16BrN3O2. The highest BCUT2D eigenvalue weighted by Gasteiger charge is 2.21. The number of amides is 2. The molecule has 1 heterocycles. The second-order valence-corrected chi connectivity index (χ2v) is 5.60. The highest BCUT2D eigenvalue weighted by Crippen LogP contribution is 2.22. The molecule has 6 heteroatoms. The normalized spacial score (nSPS) is 18.2. The van der Waals surface area contributed by atoms with Crippen molar-refractivity contribution in [3.8, 4) is 0 Å². The van der Waals surface area contributed by atoms with Gasteiger partial charge in [0.15, 0.2) is 0 Å². The summed E-state index contributed by atoms with van der Waals surface area (Å²) < 4.78 is 0.773. The van der Waals surface area contributed by atoms with E-state index < -0.39 is 0 Å². The number of nitrogen functional groups attached to an aromatic ring is 1. The summed E-state index contributed by atoms with van der Waals surface area (Å²) in [6, 6.07) is 3.54. The zero-order chi connectivity index (χ0) is 14.0. The molecule has 0 saturated carbocycles. The van der Waals surface area contributed by atoms with E-state index in [9.17, 15) is 9.59 Å². The van der Waals surface area contributed by atoms with Crippen LogP contribution in [0, 0.1) is 6.92 Å². The van der Waals surface area contributed by atoms with Crippen LogP contribution >= 0.6 is 15.9 Å². The van der Waals surface area contributed by atoms with Crippen LogP contribution < -0.4 is 16.4 Å². The molecule has 0 aliphatic carbocycles. The molecule has 19 heavy (non-hydrogen) atoms. The number of carbonyl (C=O) groups is 2. The molecule has 1 atom stereocenters. The monoisotopic (exact) mass is 325 g/mol. The number of halogens is 1. The van der Waals surface area contributed by atoms with Crippen molar-refractivity contribution in [2.24, 2.45) is 0 Å². The first-order chi connectivity index (χ1) is 8.97. The van der Waals surface area contributed by atoms with Crippen LogP contribution in [0.2, 0.25) is 0 Å². The van der Waals surface area contributed by atoms with Crippen LogP contribution in [0.25, 0.3) is 0 Å². The zero-order valence-corrected chi connectivity index (χ0v) is 12.2. The van der Waals surface area contributed by atoms with Crippen LogP contribution in [-0.2, 0) is 4.79 Å². The van der Waals surface area contributed by atoms with Crippen LogP contribution in [0.3, 0.4) is 0 Å². The average molecular weight is 326 g/mol. The summed E-state index contributed by atoms with van der Waals surface area (Å²) in [7, 11) is 0. The van der Waals surface area contributed by atoms with Crippen molar-refractivity contribution < 1.29 is 9.59 Å². The lowest BCUT2D eigenvalue weighted by Gasteiger charge is -2.13. The van der Waals surface area contributed by atoms with Gasteiger partial charge < -0.3 is 16.4 Å². The molecule has 0 aromatic heterocycles. The molecule has 2 amide bonds. The Balaban J connectivity index is 2.02. The molecule has 4 N–H and O–H groups in total. The predicted octanol–water partition coefficient (Wildman–Crippen LogP) is 1.35. The molecule has 0 radical (unpaired) electrons. The summed E-state index contributed by atoms with van der Waals surface area (Å²) >= 11 is 3.32. The molecule has 1 aromatic carbocycles. The first-order valence-corrected chi connectivity index (χ1v) is 6.90. The van der Waals surface area contributed by atoms with Gasteiger partial charge >= 0.3 is 0 Å². The zero-order valence-electron chi connectivity index (χ0n) is 10.6. The molecule has 102 valence electrons. The minimum Gasteiger partial charge on any atom is -0.398 e. The summed E-state index contributed by atoms with van der Waals surface area (Å²) in [5, 5.41) is 5.64. The molecule has 1 saturated heterocycles. The number of hydrogen-bond acceptors (Lipinski definition) is 3. The Morgan fingerprint density at radius 2 is 2.32 bits per heavy atom. The highest BCUT2D eigenvalue weighted by atomic mass is 79.9. The summed E-state index contributed by atoms with van der Waals surface area (Å²) in [5.41, 5.74) is 7.72. The third-order valence-electron chi connectivity index (χ3n) is 3.25. The van der Waals surface area contributed by atoms with Gasteiger partial charge in [-0.2, -0.15) is 0 Å². The Labute approximate surface area is 120 Å². The van der Waals surface area contributed by atoms with E-state index in [-0.39, 0.29) is 17.9 Å². The van der Waals surface area contributed by atoms with E-state index >= 15 is 0 Å². The number of nitrogens with two attached hydrogens (primary N) is 1. The van der Waals surface area contributed by atoms with Crippen molar-refractivity contribution in [1.29, 1.82) is 0 Å². The van der Waals surface area contributed by atoms with Gasteiger partial charge in [0.2, 0.25) is 5.91 Å². The number of benzene rings is 1. The average Bonchev–Trinajstić information content (AvgIpc) is 2.76. The Morgan fingerprint density at radius 3 is 2.95 bits per heavy atom. The van der Waals surface area contributed by atoms with Crippen LogP contribution in [0.15, 0.2) is 16.6 Å². The maximum Gasteiger partial charge on any atom is 0.251 e. The molecule has 5 nitrogen and oxygen atoms in total. The van der Waals surface area contributed by atoms with Gasteiger partial charge in [-0.15, -0.1) is 0 Å². The lowest BCUT2D eigenvalue weighted by molar-refractivity contribution is -0.119. The maximum absolute atomic E-state index is 12.1. The third kappa shape index (κ3) is 3.26. The standard InChI is InChI=1S/C13H16BrN3O2/c1-7-10(4-8(14)5-11(7)15)13(19)16-6-9-2-3-12(18)17-9/h4-5,9H,2-3,6,15H2,1H3,(H,16,19)(H,17,18). The molecule has 1 aromatic rings. The molecule has 1 aliphatic heterocycles. The Morgan fingerprint density at radius 1 is 1.58 bits per heavy atom. The molecule has 0 spiro atoms. The topological polar surface area (TPSA) is 84.2 Å². The minimum absolute atomic E-state index is 0.0289. The van der Waals surface area contributed by atoms with Gasteiger partial charge in [0.25, 0.3) is 5.91 Å². The lowest BCUT2D eigenvalue weighted by Crippen LogP contribution is -2.38. The summed E-state index contributed by atoms with van der Waals surface area (Å²) in [6.07, 6.45) is 1.29. The number of carbonyl (C=O) groups excluding carboxylic acids is 2. The van der Waals surface area contributed by atoms with Gasteiger partial charge in [0.05, 0.1) is 0 Å². The van der Waals surface area contributed by atoms with Crippen molar-refractivity contribution in [2.45, 2.75) is 25.8 Å². The van der Waals surface area contributed by atoms with Gasteiger partial charge in [-0.25, -0.2) is 0 Å². The second kappa shape index (κ2) is 5.61. The van der Waals surface area contributed by atoms with E-state index in [4.69, 9.17) is 5.73 Å². The maximum atomic E-state index is 12.1. The van der Waals surface area contributed by atoms with E-state index in [2.05, 4.69) is 26.6 Å². The Bertz CT molecular complexity index is 531. The minimum atomic E-state index is -0.174. The molecule has 1 unspecified atom stereocenters. The van der Waals surface area contributed by atoms with Crippen molar-refractivity contribution in [2.75, 3.05) is 12.3 Å². The second-order valence-electron chi connectivity index (χ2n) is 4.68. The number of hydrogen-bond donors (Lipinski definition) is 3. The third-order valence-corrected chi connectivity index (χ3v) is 3.71. The molecule has 1 fully saturated rings. The number of nitrogens with one attached hydrogen (secondary N) is 2. The van der Waals surface area contributed by atoms with Gasteiger partial charge in [-0.3, -0.25) is 9.59 Å². The van der Waals surface area contributed by atoms with E-state index in [0.717, 1.165) is 16.5 Å². The van der Waals surface area contributed by atoms with Gasteiger partial charge in [0, 0.05) is 34.7 Å². The van der Waals surface area contributed by atoms with E-state index in [1.807, 2.05) is 6.92 Å². The summed E-state index contributed by atoms with van der Waals surface area (Å²) in [6.45, 7) is 2.25. The fourth-order valence-electron chi connectivity index (χ4n) is 2.08. The molecule has 0 bridgehead atoms. The lowest BCUT2D eigenvalue weighted by atomic mass is 10.1. The first kappa shape index (κ1) is 13.9. The fraction of sp³-hybridized carbons (Fsp3) is 0.385. The summed E-state index contributed by atoms with van der Waals surface area (Å²) in [4.78, 5) is 23.2. The van der Waals surface area contributed by atoms with Crippen LogP contribution in [0.4, 0.5) is 5.69 Å². The van der Waals surface area contributed by atoms with Gasteiger partial charge in [-0.1, -0.05) is 15.9 Å². The van der Waals surface area contributed by atoms with E-state index in [0.29, 0.717) is 24.2 Å². The summed E-state index contributed by atoms with van der Waals surface area (Å²) in [5.74, 6) is -0.131. The van der Waals surface area contributed by atoms with Crippen molar-refractivity contribution in [1.82, 2.24) is 10.6 Å². The van der Waals surface area contributed by atoms with Crippen LogP contribution in [-0.4, -0.2) is 24.4 Å². The van der Waals surface area contributed by atoms with Crippen molar-refractivity contribution in [3.63, 3.8) is 0 Å². The quantitative estimate of drug-likeness (QED) is 0.733. The van der Waals surface area contributed by atoms with Crippen molar-refractivity contribution >= 4 is 33.4 Å². The van der Waals surface area contributed by atoms with Crippen molar-refractivity contribution in [3.05, 3.63) is 27.7 Å². The number of anilines is 1. The first-order valence-electron chi connectivity index (χ1n) is 6.10. The molecule has 1 aliphatic rings. The SMILES string of the molecule is Cc1c(N)cc(Br)cc1C(=O)NCC1CCC(=O)N1. The Kier molecular flexibility index (Phi) is 4.09. The largest absolute Gasteiger partial charge is 0.398 e. The highest BCUT2D eigenvalue weighted by molar-refractivity contribution is 9.10. The smallest absolute Gasteiger partial charge is 0.251 e. The van der Waals surface area contributed by atoms with Crippen LogP contribution in [0.5, 0.6) is 0 Å².